The third-order valence-corrected chi connectivity index (χ3v) is 2.30. The van der Waals surface area contributed by atoms with E-state index in [1.807, 2.05) is 0 Å². The Balaban J connectivity index is 3.65. The van der Waals surface area contributed by atoms with Crippen LogP contribution in [0.25, 0.3) is 0 Å². The van der Waals surface area contributed by atoms with Crippen molar-refractivity contribution in [2.75, 3.05) is 12.4 Å². The summed E-state index contributed by atoms with van der Waals surface area (Å²) in [6, 6.07) is 0. The molecular formula is C10H14O4S. The third kappa shape index (κ3) is 6.79. The molecule has 0 atom stereocenters. The van der Waals surface area contributed by atoms with Gasteiger partial charge in [-0.25, -0.2) is 9.59 Å². The average Bonchev–Trinajstić information content (AvgIpc) is 2.16. The summed E-state index contributed by atoms with van der Waals surface area (Å²) in [7, 11) is 0. The molecule has 84 valence electrons. The predicted octanol–water partition coefficient (Wildman–Crippen LogP) is 1.83. The second-order valence-corrected chi connectivity index (χ2v) is 3.87. The van der Waals surface area contributed by atoms with E-state index in [9.17, 15) is 9.59 Å². The number of esters is 1. The Morgan fingerprint density at radius 2 is 2.07 bits per heavy atom. The highest BCUT2D eigenvalue weighted by molar-refractivity contribution is 8.02. The summed E-state index contributed by atoms with van der Waals surface area (Å²) in [6.45, 7) is 6.77. The lowest BCUT2D eigenvalue weighted by atomic mass is 10.4. The molecule has 0 aliphatic rings. The van der Waals surface area contributed by atoms with E-state index in [1.165, 1.54) is 24.1 Å². The molecule has 0 rings (SSSR count). The molecule has 0 fully saturated rings. The van der Waals surface area contributed by atoms with Gasteiger partial charge in [-0.2, -0.15) is 0 Å². The average molecular weight is 230 g/mol. The number of aliphatic carboxylic acids is 1. The molecular weight excluding hydrogens is 216 g/mol. The summed E-state index contributed by atoms with van der Waals surface area (Å²) >= 11 is 1.29. The van der Waals surface area contributed by atoms with E-state index < -0.39 is 11.9 Å². The van der Waals surface area contributed by atoms with Crippen molar-refractivity contribution in [1.29, 1.82) is 0 Å². The molecule has 1 N–H and O–H groups in total. The predicted molar refractivity (Wildman–Crippen MR) is 59.6 cm³/mol. The first kappa shape index (κ1) is 13.8. The zero-order chi connectivity index (χ0) is 11.8. The monoisotopic (exact) mass is 230 g/mol. The second-order valence-electron chi connectivity index (χ2n) is 2.89. The Kier molecular flexibility index (Phi) is 6.53. The van der Waals surface area contributed by atoms with Crippen LogP contribution in [-0.2, 0) is 14.3 Å². The van der Waals surface area contributed by atoms with Gasteiger partial charge in [-0.15, -0.1) is 11.8 Å². The van der Waals surface area contributed by atoms with Crippen molar-refractivity contribution in [3.05, 3.63) is 23.1 Å². The lowest BCUT2D eigenvalue weighted by Gasteiger charge is -2.02. The number of carboxylic acid groups (broad SMARTS) is 1. The van der Waals surface area contributed by atoms with Gasteiger partial charge in [0.2, 0.25) is 0 Å². The van der Waals surface area contributed by atoms with E-state index in [0.717, 1.165) is 0 Å². The van der Waals surface area contributed by atoms with Crippen molar-refractivity contribution in [1.82, 2.24) is 0 Å². The molecule has 0 aliphatic heterocycles. The molecule has 15 heavy (non-hydrogen) atoms. The third-order valence-electron chi connectivity index (χ3n) is 1.38. The molecule has 0 amide bonds. The van der Waals surface area contributed by atoms with Gasteiger partial charge < -0.3 is 9.84 Å². The smallest absolute Gasteiger partial charge is 0.333 e. The summed E-state index contributed by atoms with van der Waals surface area (Å²) in [5, 5.41) is 10.0. The van der Waals surface area contributed by atoms with E-state index in [1.54, 1.807) is 6.92 Å². The van der Waals surface area contributed by atoms with Gasteiger partial charge in [-0.3, -0.25) is 0 Å². The highest BCUT2D eigenvalue weighted by Gasteiger charge is 2.02. The molecule has 0 aromatic carbocycles. The zero-order valence-corrected chi connectivity index (χ0v) is 9.60. The molecule has 0 radical (unpaired) electrons. The van der Waals surface area contributed by atoms with Crippen LogP contribution in [0.5, 0.6) is 0 Å². The maximum Gasteiger partial charge on any atom is 0.333 e. The van der Waals surface area contributed by atoms with Crippen molar-refractivity contribution in [2.24, 2.45) is 0 Å². The van der Waals surface area contributed by atoms with Gasteiger partial charge in [0, 0.05) is 16.9 Å². The normalized spacial score (nSPS) is 10.9. The number of hydrogen-bond acceptors (Lipinski definition) is 4. The number of rotatable bonds is 6. The number of carbonyl (C=O) groups excluding carboxylic acids is 1. The van der Waals surface area contributed by atoms with Crippen LogP contribution in [0.4, 0.5) is 0 Å². The number of hydrogen-bond donors (Lipinski definition) is 1. The Morgan fingerprint density at radius 1 is 1.47 bits per heavy atom. The number of carbonyl (C=O) groups is 2. The summed E-state index contributed by atoms with van der Waals surface area (Å²) in [6.07, 6.45) is 0. The fourth-order valence-electron chi connectivity index (χ4n) is 0.540. The van der Waals surface area contributed by atoms with Crippen LogP contribution in [0.15, 0.2) is 23.1 Å². The van der Waals surface area contributed by atoms with Crippen molar-refractivity contribution in [3.63, 3.8) is 0 Å². The van der Waals surface area contributed by atoms with E-state index >= 15 is 0 Å². The standard InChI is InChI=1S/C10H14O4S/c1-7(2)10(13)14-4-5-15-6-8(3)9(11)12/h6H,1,4-5H2,2-3H3,(H,11,12). The Hall–Kier alpha value is -1.23. The fourth-order valence-corrected chi connectivity index (χ4v) is 1.19. The van der Waals surface area contributed by atoms with Gasteiger partial charge in [0.25, 0.3) is 0 Å². The fraction of sp³-hybridized carbons (Fsp3) is 0.400. The van der Waals surface area contributed by atoms with E-state index in [-0.39, 0.29) is 12.2 Å². The highest BCUT2D eigenvalue weighted by Crippen LogP contribution is 2.07. The maximum atomic E-state index is 10.9. The highest BCUT2D eigenvalue weighted by atomic mass is 32.2. The Labute approximate surface area is 93.0 Å². The summed E-state index contributed by atoms with van der Waals surface area (Å²) in [5.74, 6) is -0.833. The van der Waals surface area contributed by atoms with Gasteiger partial charge in [0.15, 0.2) is 0 Å². The van der Waals surface area contributed by atoms with Crippen LogP contribution in [0.3, 0.4) is 0 Å². The largest absolute Gasteiger partial charge is 0.478 e. The lowest BCUT2D eigenvalue weighted by Crippen LogP contribution is -2.07. The quantitative estimate of drug-likeness (QED) is 0.428. The van der Waals surface area contributed by atoms with Crippen molar-refractivity contribution >= 4 is 23.7 Å². The van der Waals surface area contributed by atoms with Gasteiger partial charge in [-0.1, -0.05) is 6.58 Å². The summed E-state index contributed by atoms with van der Waals surface area (Å²) in [4.78, 5) is 21.3. The van der Waals surface area contributed by atoms with Crippen molar-refractivity contribution in [2.45, 2.75) is 13.8 Å². The number of thioether (sulfide) groups is 1. The Bertz CT molecular complexity index is 294. The molecule has 0 aliphatic carbocycles. The molecule has 0 aromatic heterocycles. The van der Waals surface area contributed by atoms with Gasteiger partial charge in [0.1, 0.15) is 6.61 Å². The molecule has 0 aromatic rings. The summed E-state index contributed by atoms with van der Waals surface area (Å²) in [5.41, 5.74) is 0.628. The SMILES string of the molecule is C=C(C)C(=O)OCCSC=C(C)C(=O)O. The first-order chi connectivity index (χ1) is 6.95. The molecule has 0 unspecified atom stereocenters. The Morgan fingerprint density at radius 3 is 2.53 bits per heavy atom. The lowest BCUT2D eigenvalue weighted by molar-refractivity contribution is -0.138. The molecule has 0 spiro atoms. The molecule has 0 saturated heterocycles. The minimum absolute atomic E-state index is 0.250. The second kappa shape index (κ2) is 7.11. The summed E-state index contributed by atoms with van der Waals surface area (Å²) < 4.78 is 4.81. The topological polar surface area (TPSA) is 63.6 Å². The minimum atomic E-state index is -0.943. The van der Waals surface area contributed by atoms with E-state index in [0.29, 0.717) is 11.3 Å². The van der Waals surface area contributed by atoms with Crippen molar-refractivity contribution < 1.29 is 19.4 Å². The molecule has 5 heteroatoms. The van der Waals surface area contributed by atoms with Gasteiger partial charge >= 0.3 is 11.9 Å². The molecule has 0 saturated carbocycles. The van der Waals surface area contributed by atoms with Crippen molar-refractivity contribution in [3.8, 4) is 0 Å². The van der Waals surface area contributed by atoms with Crippen LogP contribution < -0.4 is 0 Å². The van der Waals surface area contributed by atoms with Crippen LogP contribution in [0.1, 0.15) is 13.8 Å². The number of carboxylic acids is 1. The van der Waals surface area contributed by atoms with Gasteiger partial charge in [0.05, 0.1) is 0 Å². The van der Waals surface area contributed by atoms with Crippen LogP contribution in [0.2, 0.25) is 0 Å². The minimum Gasteiger partial charge on any atom is -0.478 e. The van der Waals surface area contributed by atoms with E-state index in [4.69, 9.17) is 9.84 Å². The maximum absolute atomic E-state index is 10.9. The zero-order valence-electron chi connectivity index (χ0n) is 8.78. The molecule has 0 bridgehead atoms. The van der Waals surface area contributed by atoms with Crippen LogP contribution in [0, 0.1) is 0 Å². The molecule has 0 heterocycles. The number of ether oxygens (including phenoxy) is 1. The van der Waals surface area contributed by atoms with E-state index in [2.05, 4.69) is 6.58 Å². The first-order valence-corrected chi connectivity index (χ1v) is 5.34. The molecule has 4 nitrogen and oxygen atoms in total. The van der Waals surface area contributed by atoms with Crippen LogP contribution >= 0.6 is 11.8 Å². The van der Waals surface area contributed by atoms with Gasteiger partial charge in [-0.05, 0) is 19.3 Å². The van der Waals surface area contributed by atoms with Crippen LogP contribution in [-0.4, -0.2) is 29.4 Å². The first-order valence-electron chi connectivity index (χ1n) is 4.29.